The summed E-state index contributed by atoms with van der Waals surface area (Å²) >= 11 is -5.18. The van der Waals surface area contributed by atoms with Gasteiger partial charge in [0.2, 0.25) is 0 Å². The summed E-state index contributed by atoms with van der Waals surface area (Å²) in [6, 6.07) is 4.85. The number of benzene rings is 1. The Hall–Kier alpha value is -0.332. The van der Waals surface area contributed by atoms with Gasteiger partial charge in [-0.3, -0.25) is 0 Å². The molecule has 0 radical (unpaired) electrons. The molecule has 0 atom stereocenters. The van der Waals surface area contributed by atoms with Gasteiger partial charge in [0, 0.05) is 0 Å². The molecule has 6 nitrogen and oxygen atoms in total. The summed E-state index contributed by atoms with van der Waals surface area (Å²) in [5.74, 6) is -0.565. The zero-order chi connectivity index (χ0) is 11.7. The van der Waals surface area contributed by atoms with Crippen LogP contribution in [0.1, 0.15) is 5.56 Å². The van der Waals surface area contributed by atoms with Crippen molar-refractivity contribution in [2.45, 2.75) is 5.75 Å². The molecule has 0 fully saturated rings. The van der Waals surface area contributed by atoms with Crippen molar-refractivity contribution >= 4 is 33.3 Å². The second-order valence-corrected chi connectivity index (χ2v) is 8.97. The van der Waals surface area contributed by atoms with Crippen LogP contribution in [0, 0.1) is 0 Å². The minimum atomic E-state index is -5.18. The number of hydrogen-bond acceptors (Lipinski definition) is 3. The second-order valence-electron chi connectivity index (χ2n) is 2.94. The fourth-order valence-corrected chi connectivity index (χ4v) is 3.14. The first-order chi connectivity index (χ1) is 6.68. The predicted molar refractivity (Wildman–Crippen MR) is 52.2 cm³/mol. The van der Waals surface area contributed by atoms with Gasteiger partial charge in [0.25, 0.3) is 0 Å². The molecule has 0 spiro atoms. The van der Waals surface area contributed by atoms with Crippen molar-refractivity contribution in [2.75, 3.05) is 0 Å². The van der Waals surface area contributed by atoms with E-state index in [0.29, 0.717) is 0 Å². The maximum absolute atomic E-state index is 10.8. The molecular weight excluding hydrogens is 334 g/mol. The van der Waals surface area contributed by atoms with E-state index in [-0.39, 0.29) is 9.07 Å². The first kappa shape index (κ1) is 12.7. The normalized spacial score (nSPS) is 12.7. The van der Waals surface area contributed by atoms with Crippen LogP contribution in [-0.4, -0.2) is 39.4 Å². The second kappa shape index (κ2) is 4.27. The van der Waals surface area contributed by atoms with Crippen LogP contribution in [0.3, 0.4) is 0 Å². The summed E-state index contributed by atoms with van der Waals surface area (Å²) in [4.78, 5) is 0. The van der Waals surface area contributed by atoms with E-state index in [4.69, 9.17) is 11.3 Å². The van der Waals surface area contributed by atoms with E-state index in [1.807, 2.05) is 0 Å². The van der Waals surface area contributed by atoms with Crippen molar-refractivity contribution in [2.24, 2.45) is 0 Å². The molecule has 1 aromatic carbocycles. The van der Waals surface area contributed by atoms with Crippen molar-refractivity contribution in [1.29, 1.82) is 0 Å². The average Bonchev–Trinajstić information content (AvgIpc) is 2.00. The molecule has 1 aromatic rings. The van der Waals surface area contributed by atoms with E-state index in [1.165, 1.54) is 24.3 Å². The Morgan fingerprint density at radius 1 is 1.13 bits per heavy atom. The Morgan fingerprint density at radius 3 is 1.93 bits per heavy atom. The molecule has 0 saturated carbocycles. The fourth-order valence-electron chi connectivity index (χ4n) is 0.997. The van der Waals surface area contributed by atoms with E-state index in [0.717, 1.165) is 0 Å². The Balaban J connectivity index is 2.97. The van der Waals surface area contributed by atoms with Crippen LogP contribution in [0.15, 0.2) is 24.3 Å². The fraction of sp³-hybridized carbons (Fsp3) is 0.143. The topological polar surface area (TPSA) is 112 Å². The number of rotatable bonds is 3. The molecular formula is C7H9O6SSb. The van der Waals surface area contributed by atoms with Crippen LogP contribution in [0.25, 0.3) is 0 Å². The Kier molecular flexibility index (Phi) is 3.62. The Bertz CT molecular complexity index is 485. The molecule has 15 heavy (non-hydrogen) atoms. The van der Waals surface area contributed by atoms with Crippen molar-refractivity contribution in [1.82, 2.24) is 0 Å². The number of hydrogen-bond donors (Lipinski definition) is 3. The third kappa shape index (κ3) is 4.36. The monoisotopic (exact) mass is 342 g/mol. The third-order valence-corrected chi connectivity index (χ3v) is 5.09. The summed E-state index contributed by atoms with van der Waals surface area (Å²) in [5.41, 5.74) is 0.273. The van der Waals surface area contributed by atoms with Gasteiger partial charge in [-0.05, 0) is 0 Å². The van der Waals surface area contributed by atoms with Crippen molar-refractivity contribution in [3.63, 3.8) is 0 Å². The van der Waals surface area contributed by atoms with E-state index >= 15 is 0 Å². The van der Waals surface area contributed by atoms with Crippen molar-refractivity contribution in [3.05, 3.63) is 29.8 Å². The summed E-state index contributed by atoms with van der Waals surface area (Å²) < 4.78 is 57.9. The summed E-state index contributed by atoms with van der Waals surface area (Å²) in [7, 11) is -4.11. The van der Waals surface area contributed by atoms with Crippen LogP contribution in [-0.2, 0) is 18.9 Å². The molecule has 0 saturated heterocycles. The van der Waals surface area contributed by atoms with Gasteiger partial charge in [-0.15, -0.1) is 0 Å². The average molecular weight is 343 g/mol. The summed E-state index contributed by atoms with van der Waals surface area (Å²) in [6.45, 7) is 0. The van der Waals surface area contributed by atoms with Gasteiger partial charge >= 0.3 is 91.6 Å². The van der Waals surface area contributed by atoms with Crippen LogP contribution >= 0.6 is 0 Å². The molecule has 0 aliphatic heterocycles. The first-order valence-corrected chi connectivity index (χ1v) is 10.00. The van der Waals surface area contributed by atoms with Gasteiger partial charge in [0.1, 0.15) is 0 Å². The van der Waals surface area contributed by atoms with E-state index in [9.17, 15) is 11.4 Å². The predicted octanol–water partition coefficient (Wildman–Crippen LogP) is -1.36. The van der Waals surface area contributed by atoms with Gasteiger partial charge in [-0.2, -0.15) is 0 Å². The van der Waals surface area contributed by atoms with E-state index < -0.39 is 35.5 Å². The van der Waals surface area contributed by atoms with Crippen molar-refractivity contribution in [3.8, 4) is 0 Å². The summed E-state index contributed by atoms with van der Waals surface area (Å²) in [6.07, 6.45) is 0. The molecule has 1 rings (SSSR count). The van der Waals surface area contributed by atoms with Crippen LogP contribution < -0.4 is 3.51 Å². The molecule has 0 aliphatic rings. The first-order valence-electron chi connectivity index (χ1n) is 3.79. The van der Waals surface area contributed by atoms with Gasteiger partial charge in [-0.1, -0.05) is 0 Å². The molecule has 0 aromatic heterocycles. The van der Waals surface area contributed by atoms with E-state index in [1.54, 1.807) is 0 Å². The maximum atomic E-state index is 10.8. The van der Waals surface area contributed by atoms with Crippen molar-refractivity contribution < 1.29 is 22.8 Å². The molecule has 0 heterocycles. The molecule has 8 heteroatoms. The van der Waals surface area contributed by atoms with Gasteiger partial charge < -0.3 is 0 Å². The molecule has 0 bridgehead atoms. The zero-order valence-electron chi connectivity index (χ0n) is 7.44. The zero-order valence-corrected chi connectivity index (χ0v) is 10.8. The molecule has 84 valence electrons. The van der Waals surface area contributed by atoms with E-state index in [2.05, 4.69) is 0 Å². The van der Waals surface area contributed by atoms with Gasteiger partial charge in [0.15, 0.2) is 0 Å². The molecule has 0 unspecified atom stereocenters. The standard InChI is InChI=1S/C7H7O3S.2H2O.O.Sb/c8-11(9,10)6-7-4-2-1-3-5-7;;;;/h2-5H,6H2,(H,8,9,10);2*1H2;;/q;;;;+2/p-2. The minimum absolute atomic E-state index is 0.104. The summed E-state index contributed by atoms with van der Waals surface area (Å²) in [5, 5.41) is 0. The van der Waals surface area contributed by atoms with Crippen LogP contribution in [0.5, 0.6) is 0 Å². The van der Waals surface area contributed by atoms with Gasteiger partial charge in [0.05, 0.1) is 0 Å². The van der Waals surface area contributed by atoms with Gasteiger partial charge in [-0.25, -0.2) is 0 Å². The SMILES string of the molecule is O=S(=O)(O)Cc1cc[c]([Sb](=[O])([OH])[OH])cc1. The van der Waals surface area contributed by atoms with Crippen LogP contribution in [0.2, 0.25) is 0 Å². The van der Waals surface area contributed by atoms with Crippen LogP contribution in [0.4, 0.5) is 0 Å². The molecule has 0 amide bonds. The quantitative estimate of drug-likeness (QED) is 0.462. The Morgan fingerprint density at radius 2 is 1.60 bits per heavy atom. The third-order valence-electron chi connectivity index (χ3n) is 1.62. The molecule has 0 aliphatic carbocycles. The molecule has 3 N–H and O–H groups in total. The Labute approximate surface area is 91.4 Å².